The van der Waals surface area contributed by atoms with Crippen LogP contribution in [0.3, 0.4) is 0 Å². The van der Waals surface area contributed by atoms with Gasteiger partial charge in [-0.1, -0.05) is 15.9 Å². The van der Waals surface area contributed by atoms with E-state index in [0.29, 0.717) is 10.0 Å². The van der Waals surface area contributed by atoms with Crippen LogP contribution in [-0.4, -0.2) is 11.1 Å². The quantitative estimate of drug-likeness (QED) is 0.784. The highest BCUT2D eigenvalue weighted by atomic mass is 79.9. The maximum Gasteiger partial charge on any atom is 0.307 e. The van der Waals surface area contributed by atoms with E-state index in [4.69, 9.17) is 10.8 Å². The van der Waals surface area contributed by atoms with Crippen LogP contribution in [0.1, 0.15) is 5.56 Å². The summed E-state index contributed by atoms with van der Waals surface area (Å²) in [6.07, 6.45) is -0.224. The second-order valence-corrected chi connectivity index (χ2v) is 3.39. The van der Waals surface area contributed by atoms with Crippen LogP contribution in [-0.2, 0) is 11.2 Å². The van der Waals surface area contributed by atoms with Crippen molar-refractivity contribution in [3.63, 3.8) is 0 Å². The Bertz CT molecular complexity index is 354. The van der Waals surface area contributed by atoms with Crippen molar-refractivity contribution in [2.75, 3.05) is 5.73 Å². The molecule has 0 aliphatic rings. The number of carboxylic acid groups (broad SMARTS) is 1. The number of carboxylic acids is 1. The molecule has 0 atom stereocenters. The lowest BCUT2D eigenvalue weighted by atomic mass is 10.1. The van der Waals surface area contributed by atoms with Gasteiger partial charge in [-0.15, -0.1) is 0 Å². The molecule has 0 aliphatic carbocycles. The SMILES string of the molecule is Nc1cc(Br)c(CC(=O)O)cc1F. The highest BCUT2D eigenvalue weighted by Crippen LogP contribution is 2.23. The number of nitrogen functional groups attached to an aromatic ring is 1. The molecule has 0 heterocycles. The Morgan fingerprint density at radius 2 is 2.23 bits per heavy atom. The Kier molecular flexibility index (Phi) is 2.87. The number of nitrogens with two attached hydrogens (primary N) is 1. The summed E-state index contributed by atoms with van der Waals surface area (Å²) in [4.78, 5) is 10.3. The topological polar surface area (TPSA) is 63.3 Å². The fraction of sp³-hybridized carbons (Fsp3) is 0.125. The number of hydrogen-bond acceptors (Lipinski definition) is 2. The zero-order chi connectivity index (χ0) is 10.0. The molecule has 3 N–H and O–H groups in total. The fourth-order valence-electron chi connectivity index (χ4n) is 0.902. The van der Waals surface area contributed by atoms with Gasteiger partial charge in [0.2, 0.25) is 0 Å². The van der Waals surface area contributed by atoms with Gasteiger partial charge in [0.25, 0.3) is 0 Å². The van der Waals surface area contributed by atoms with Crippen LogP contribution in [0.4, 0.5) is 10.1 Å². The van der Waals surface area contributed by atoms with E-state index >= 15 is 0 Å². The molecule has 0 saturated heterocycles. The lowest BCUT2D eigenvalue weighted by Gasteiger charge is -2.03. The van der Waals surface area contributed by atoms with Crippen molar-refractivity contribution in [2.45, 2.75) is 6.42 Å². The summed E-state index contributed by atoms with van der Waals surface area (Å²) in [5.41, 5.74) is 5.64. The number of carbonyl (C=O) groups is 1. The first kappa shape index (κ1) is 9.98. The number of anilines is 1. The van der Waals surface area contributed by atoms with E-state index in [2.05, 4.69) is 15.9 Å². The fourth-order valence-corrected chi connectivity index (χ4v) is 1.40. The first-order valence-electron chi connectivity index (χ1n) is 3.46. The molecule has 0 radical (unpaired) electrons. The zero-order valence-electron chi connectivity index (χ0n) is 6.55. The molecule has 1 aromatic carbocycles. The average molecular weight is 248 g/mol. The summed E-state index contributed by atoms with van der Waals surface area (Å²) < 4.78 is 13.4. The summed E-state index contributed by atoms with van der Waals surface area (Å²) in [6.45, 7) is 0. The van der Waals surface area contributed by atoms with Gasteiger partial charge < -0.3 is 10.8 Å². The third-order valence-corrected chi connectivity index (χ3v) is 2.25. The Morgan fingerprint density at radius 3 is 2.77 bits per heavy atom. The van der Waals surface area contributed by atoms with Crippen molar-refractivity contribution in [1.82, 2.24) is 0 Å². The molecule has 13 heavy (non-hydrogen) atoms. The molecule has 0 bridgehead atoms. The van der Waals surface area contributed by atoms with Gasteiger partial charge >= 0.3 is 5.97 Å². The highest BCUT2D eigenvalue weighted by molar-refractivity contribution is 9.10. The second-order valence-electron chi connectivity index (χ2n) is 2.54. The molecular formula is C8H7BrFNO2. The molecule has 5 heteroatoms. The number of rotatable bonds is 2. The molecule has 0 fully saturated rings. The van der Waals surface area contributed by atoms with Crippen LogP contribution < -0.4 is 5.73 Å². The monoisotopic (exact) mass is 247 g/mol. The van der Waals surface area contributed by atoms with Crippen LogP contribution in [0.5, 0.6) is 0 Å². The molecule has 0 aromatic heterocycles. The maximum absolute atomic E-state index is 12.9. The highest BCUT2D eigenvalue weighted by Gasteiger charge is 2.08. The zero-order valence-corrected chi connectivity index (χ0v) is 8.14. The second kappa shape index (κ2) is 3.74. The standard InChI is InChI=1S/C8H7BrFNO2/c9-5-3-7(11)6(10)1-4(5)2-8(12)13/h1,3H,2,11H2,(H,12,13). The summed E-state index contributed by atoms with van der Waals surface area (Å²) in [5.74, 6) is -1.61. The van der Waals surface area contributed by atoms with Gasteiger partial charge in [-0.3, -0.25) is 4.79 Å². The minimum atomic E-state index is -1.01. The van der Waals surface area contributed by atoms with Crippen LogP contribution in [0, 0.1) is 5.82 Å². The summed E-state index contributed by atoms with van der Waals surface area (Å²) in [7, 11) is 0. The molecule has 0 spiro atoms. The first-order chi connectivity index (χ1) is 6.00. The van der Waals surface area contributed by atoms with E-state index in [-0.39, 0.29) is 12.1 Å². The Balaban J connectivity index is 3.08. The minimum absolute atomic E-state index is 0.000939. The normalized spacial score (nSPS) is 10.0. The first-order valence-corrected chi connectivity index (χ1v) is 4.25. The average Bonchev–Trinajstić information content (AvgIpc) is 1.99. The van der Waals surface area contributed by atoms with Crippen molar-refractivity contribution in [3.8, 4) is 0 Å². The summed E-state index contributed by atoms with van der Waals surface area (Å²) in [6, 6.07) is 2.47. The summed E-state index contributed by atoms with van der Waals surface area (Å²) in [5, 5.41) is 8.48. The Hall–Kier alpha value is -1.10. The lowest BCUT2D eigenvalue weighted by molar-refractivity contribution is -0.136. The molecule has 1 rings (SSSR count). The van der Waals surface area contributed by atoms with Crippen LogP contribution in [0.2, 0.25) is 0 Å². The Labute approximate surface area is 82.5 Å². The number of halogens is 2. The molecule has 70 valence electrons. The predicted octanol–water partition coefficient (Wildman–Crippen LogP) is 1.80. The smallest absolute Gasteiger partial charge is 0.307 e. The van der Waals surface area contributed by atoms with Crippen LogP contribution in [0.25, 0.3) is 0 Å². The number of benzene rings is 1. The van der Waals surface area contributed by atoms with Crippen LogP contribution >= 0.6 is 15.9 Å². The number of aliphatic carboxylic acids is 1. The van der Waals surface area contributed by atoms with Crippen molar-refractivity contribution in [1.29, 1.82) is 0 Å². The van der Waals surface area contributed by atoms with E-state index in [1.165, 1.54) is 6.07 Å². The van der Waals surface area contributed by atoms with Gasteiger partial charge in [0.05, 0.1) is 12.1 Å². The predicted molar refractivity (Wildman–Crippen MR) is 49.9 cm³/mol. The van der Waals surface area contributed by atoms with Gasteiger partial charge in [0.1, 0.15) is 5.82 Å². The van der Waals surface area contributed by atoms with Gasteiger partial charge in [-0.25, -0.2) is 4.39 Å². The largest absolute Gasteiger partial charge is 0.481 e. The van der Waals surface area contributed by atoms with E-state index in [1.807, 2.05) is 0 Å². The number of hydrogen-bond donors (Lipinski definition) is 2. The Morgan fingerprint density at radius 1 is 1.62 bits per heavy atom. The molecule has 0 saturated carbocycles. The van der Waals surface area contributed by atoms with E-state index < -0.39 is 11.8 Å². The summed E-state index contributed by atoms with van der Waals surface area (Å²) >= 11 is 3.10. The van der Waals surface area contributed by atoms with Crippen molar-refractivity contribution >= 4 is 27.6 Å². The van der Waals surface area contributed by atoms with Gasteiger partial charge in [0.15, 0.2) is 0 Å². The van der Waals surface area contributed by atoms with Crippen molar-refractivity contribution < 1.29 is 14.3 Å². The van der Waals surface area contributed by atoms with Gasteiger partial charge in [-0.05, 0) is 17.7 Å². The molecule has 0 unspecified atom stereocenters. The third kappa shape index (κ3) is 2.42. The lowest BCUT2D eigenvalue weighted by Crippen LogP contribution is -2.02. The van der Waals surface area contributed by atoms with Crippen molar-refractivity contribution in [2.24, 2.45) is 0 Å². The molecule has 3 nitrogen and oxygen atoms in total. The van der Waals surface area contributed by atoms with E-state index in [9.17, 15) is 9.18 Å². The molecule has 0 amide bonds. The minimum Gasteiger partial charge on any atom is -0.481 e. The van der Waals surface area contributed by atoms with E-state index in [1.54, 1.807) is 0 Å². The van der Waals surface area contributed by atoms with Crippen molar-refractivity contribution in [3.05, 3.63) is 28.0 Å². The maximum atomic E-state index is 12.9. The third-order valence-electron chi connectivity index (χ3n) is 1.51. The molecular weight excluding hydrogens is 241 g/mol. The molecule has 1 aromatic rings. The van der Waals surface area contributed by atoms with Gasteiger partial charge in [0, 0.05) is 4.47 Å². The molecule has 0 aliphatic heterocycles. The van der Waals surface area contributed by atoms with Gasteiger partial charge in [-0.2, -0.15) is 0 Å². The van der Waals surface area contributed by atoms with E-state index in [0.717, 1.165) is 6.07 Å². The van der Waals surface area contributed by atoms with Crippen LogP contribution in [0.15, 0.2) is 16.6 Å².